The van der Waals surface area contributed by atoms with Gasteiger partial charge in [0.1, 0.15) is 0 Å². The number of amides is 1. The zero-order chi connectivity index (χ0) is 15.9. The van der Waals surface area contributed by atoms with Gasteiger partial charge in [-0.3, -0.25) is 4.79 Å². The average Bonchev–Trinajstić information content (AvgIpc) is 3.27. The van der Waals surface area contributed by atoms with Crippen LogP contribution in [0.25, 0.3) is 11.7 Å². The highest BCUT2D eigenvalue weighted by Crippen LogP contribution is 2.38. The van der Waals surface area contributed by atoms with Crippen LogP contribution in [-0.2, 0) is 11.3 Å². The lowest BCUT2D eigenvalue weighted by molar-refractivity contribution is -0.131. The Morgan fingerprint density at radius 1 is 1.61 bits per heavy atom. The largest absolute Gasteiger partial charge is 0.459 e. The maximum absolute atomic E-state index is 12.7. The molecule has 0 aliphatic carbocycles. The summed E-state index contributed by atoms with van der Waals surface area (Å²) in [6.45, 7) is 3.59. The number of carbonyl (C=O) groups excluding carboxylic acids is 1. The van der Waals surface area contributed by atoms with Gasteiger partial charge < -0.3 is 24.5 Å². The maximum Gasteiger partial charge on any atom is 0.293 e. The molecular weight excluding hydrogens is 298 g/mol. The number of nitrogens with zero attached hydrogens (tertiary/aromatic N) is 3. The van der Waals surface area contributed by atoms with E-state index in [1.807, 2.05) is 0 Å². The normalized spacial score (nSPS) is 27.3. The lowest BCUT2D eigenvalue weighted by atomic mass is 9.80. The highest BCUT2D eigenvalue weighted by atomic mass is 16.5. The molecule has 8 nitrogen and oxygen atoms in total. The van der Waals surface area contributed by atoms with E-state index >= 15 is 0 Å². The van der Waals surface area contributed by atoms with Crippen LogP contribution < -0.4 is 10.6 Å². The molecular formula is C15H19N5O3. The van der Waals surface area contributed by atoms with Gasteiger partial charge >= 0.3 is 0 Å². The standard InChI is InChI=1S/C15H19N5O3/c1-20-7-10-5-16-8-15(10,9-20)14(21)17-6-12-18-13(23-19-12)11-3-2-4-22-11/h2-4,10,16H,5-9H2,1H3,(H,17,21)/t10-,15-/m1/s1. The van der Waals surface area contributed by atoms with E-state index in [1.54, 1.807) is 18.4 Å². The van der Waals surface area contributed by atoms with Crippen LogP contribution >= 0.6 is 0 Å². The van der Waals surface area contributed by atoms with Gasteiger partial charge in [0.05, 0.1) is 18.2 Å². The summed E-state index contributed by atoms with van der Waals surface area (Å²) >= 11 is 0. The smallest absolute Gasteiger partial charge is 0.293 e. The summed E-state index contributed by atoms with van der Waals surface area (Å²) in [6, 6.07) is 3.50. The molecule has 2 atom stereocenters. The van der Waals surface area contributed by atoms with Crippen LogP contribution in [0.4, 0.5) is 0 Å². The average molecular weight is 317 g/mol. The molecule has 2 fully saturated rings. The number of rotatable bonds is 4. The van der Waals surface area contributed by atoms with Crippen molar-refractivity contribution in [2.45, 2.75) is 6.54 Å². The van der Waals surface area contributed by atoms with E-state index in [0.29, 0.717) is 23.4 Å². The van der Waals surface area contributed by atoms with E-state index in [4.69, 9.17) is 8.94 Å². The third-order valence-electron chi connectivity index (χ3n) is 4.76. The van der Waals surface area contributed by atoms with Gasteiger partial charge in [0.15, 0.2) is 11.6 Å². The zero-order valence-electron chi connectivity index (χ0n) is 12.9. The van der Waals surface area contributed by atoms with E-state index in [1.165, 1.54) is 0 Å². The minimum atomic E-state index is -0.345. The van der Waals surface area contributed by atoms with Gasteiger partial charge in [-0.05, 0) is 19.2 Å². The predicted molar refractivity (Wildman–Crippen MR) is 80.1 cm³/mol. The van der Waals surface area contributed by atoms with Crippen molar-refractivity contribution >= 4 is 5.91 Å². The Hall–Kier alpha value is -2.19. The number of fused-ring (bicyclic) bond motifs is 1. The second kappa shape index (κ2) is 5.47. The fourth-order valence-corrected chi connectivity index (χ4v) is 3.65. The molecule has 0 spiro atoms. The topological polar surface area (TPSA) is 96.4 Å². The molecule has 1 amide bonds. The number of hydrogen-bond acceptors (Lipinski definition) is 7. The van der Waals surface area contributed by atoms with Gasteiger partial charge in [0.25, 0.3) is 5.89 Å². The zero-order valence-corrected chi connectivity index (χ0v) is 12.9. The molecule has 23 heavy (non-hydrogen) atoms. The van der Waals surface area contributed by atoms with Gasteiger partial charge in [-0.1, -0.05) is 5.16 Å². The Balaban J connectivity index is 1.42. The molecule has 2 aromatic rings. The molecule has 2 aliphatic rings. The molecule has 2 saturated heterocycles. The molecule has 0 aromatic carbocycles. The number of hydrogen-bond donors (Lipinski definition) is 2. The van der Waals surface area contributed by atoms with E-state index in [9.17, 15) is 4.79 Å². The summed E-state index contributed by atoms with van der Waals surface area (Å²) in [7, 11) is 2.06. The molecule has 122 valence electrons. The summed E-state index contributed by atoms with van der Waals surface area (Å²) in [6.07, 6.45) is 1.55. The number of aromatic nitrogens is 2. The van der Waals surface area contributed by atoms with E-state index < -0.39 is 0 Å². The van der Waals surface area contributed by atoms with Crippen LogP contribution in [0.5, 0.6) is 0 Å². The minimum absolute atomic E-state index is 0.0567. The van der Waals surface area contributed by atoms with Crippen LogP contribution in [-0.4, -0.2) is 54.2 Å². The van der Waals surface area contributed by atoms with Crippen LogP contribution in [0.15, 0.2) is 27.3 Å². The number of likely N-dealkylation sites (tertiary alicyclic amines) is 1. The first kappa shape index (κ1) is 14.4. The predicted octanol–water partition coefficient (Wildman–Crippen LogP) is 0.0970. The minimum Gasteiger partial charge on any atom is -0.459 e. The fraction of sp³-hybridized carbons (Fsp3) is 0.533. The maximum atomic E-state index is 12.7. The second-order valence-corrected chi connectivity index (χ2v) is 6.36. The molecule has 2 aromatic heterocycles. The number of furan rings is 1. The third-order valence-corrected chi connectivity index (χ3v) is 4.76. The first-order valence-electron chi connectivity index (χ1n) is 7.71. The van der Waals surface area contributed by atoms with Crippen LogP contribution in [0, 0.1) is 11.3 Å². The van der Waals surface area contributed by atoms with Gasteiger partial charge in [-0.15, -0.1) is 0 Å². The van der Waals surface area contributed by atoms with Crippen molar-refractivity contribution in [3.8, 4) is 11.7 Å². The van der Waals surface area contributed by atoms with Gasteiger partial charge in [0.2, 0.25) is 5.91 Å². The van der Waals surface area contributed by atoms with E-state index in [0.717, 1.165) is 26.2 Å². The van der Waals surface area contributed by atoms with Crippen molar-refractivity contribution in [2.24, 2.45) is 11.3 Å². The second-order valence-electron chi connectivity index (χ2n) is 6.36. The van der Waals surface area contributed by atoms with Crippen molar-refractivity contribution in [2.75, 3.05) is 33.2 Å². The van der Waals surface area contributed by atoms with Crippen molar-refractivity contribution in [3.63, 3.8) is 0 Å². The van der Waals surface area contributed by atoms with E-state index in [-0.39, 0.29) is 17.9 Å². The van der Waals surface area contributed by atoms with Crippen LogP contribution in [0.2, 0.25) is 0 Å². The lowest BCUT2D eigenvalue weighted by Gasteiger charge is -2.26. The quantitative estimate of drug-likeness (QED) is 0.825. The molecule has 0 bridgehead atoms. The summed E-state index contributed by atoms with van der Waals surface area (Å²) in [4.78, 5) is 19.2. The first-order valence-corrected chi connectivity index (χ1v) is 7.71. The number of carbonyl (C=O) groups is 1. The van der Waals surface area contributed by atoms with E-state index in [2.05, 4.69) is 32.7 Å². The lowest BCUT2D eigenvalue weighted by Crippen LogP contribution is -2.47. The summed E-state index contributed by atoms with van der Waals surface area (Å²) in [5.74, 6) is 1.69. The molecule has 2 N–H and O–H groups in total. The SMILES string of the molecule is CN1C[C@H]2CNC[C@@]2(C(=O)NCc2noc(-c3ccco3)n2)C1. The van der Waals surface area contributed by atoms with Crippen molar-refractivity contribution in [1.29, 1.82) is 0 Å². The highest BCUT2D eigenvalue weighted by Gasteiger charge is 2.53. The molecule has 8 heteroatoms. The Morgan fingerprint density at radius 3 is 3.35 bits per heavy atom. The van der Waals surface area contributed by atoms with Crippen LogP contribution in [0.3, 0.4) is 0 Å². The fourth-order valence-electron chi connectivity index (χ4n) is 3.65. The highest BCUT2D eigenvalue weighted by molar-refractivity contribution is 5.84. The summed E-state index contributed by atoms with van der Waals surface area (Å²) in [5, 5.41) is 10.2. The number of nitrogens with one attached hydrogen (secondary N) is 2. The molecule has 4 heterocycles. The monoisotopic (exact) mass is 317 g/mol. The van der Waals surface area contributed by atoms with Crippen molar-refractivity contribution < 1.29 is 13.7 Å². The summed E-state index contributed by atoms with van der Waals surface area (Å²) < 4.78 is 10.4. The van der Waals surface area contributed by atoms with Crippen molar-refractivity contribution in [3.05, 3.63) is 24.2 Å². The van der Waals surface area contributed by atoms with Gasteiger partial charge in [-0.2, -0.15) is 4.98 Å². The van der Waals surface area contributed by atoms with Crippen molar-refractivity contribution in [1.82, 2.24) is 25.7 Å². The molecule has 0 radical (unpaired) electrons. The Labute approximate surface area is 133 Å². The van der Waals surface area contributed by atoms with Gasteiger partial charge in [-0.25, -0.2) is 0 Å². The Kier molecular flexibility index (Phi) is 3.42. The Morgan fingerprint density at radius 2 is 2.52 bits per heavy atom. The molecule has 0 unspecified atom stereocenters. The third kappa shape index (κ3) is 2.43. The first-order chi connectivity index (χ1) is 11.2. The summed E-state index contributed by atoms with van der Waals surface area (Å²) in [5.41, 5.74) is -0.345. The van der Waals surface area contributed by atoms with Crippen LogP contribution in [0.1, 0.15) is 5.82 Å². The van der Waals surface area contributed by atoms with Gasteiger partial charge in [0, 0.05) is 32.1 Å². The molecule has 4 rings (SSSR count). The molecule has 0 saturated carbocycles. The molecule has 2 aliphatic heterocycles. The Bertz CT molecular complexity index is 698.